The number of fused-ring (bicyclic) bond motifs is 12. The summed E-state index contributed by atoms with van der Waals surface area (Å²) in [6, 6.07) is 12.7. The molecule has 0 radical (unpaired) electrons. The number of nitrogens with zero attached hydrogens (tertiary/aromatic N) is 4. The zero-order valence-corrected chi connectivity index (χ0v) is 25.8. The van der Waals surface area contributed by atoms with Gasteiger partial charge >= 0.3 is 6.01 Å². The SMILES string of the molecule is CN(C)CC(C)(C)CNC(=O)c1ccc2cc1OCCCCCCCCOc1ccc(cc1)CNc1nc(O)nc(n1)N2. The minimum Gasteiger partial charge on any atom is -0.494 e. The van der Waals surface area contributed by atoms with E-state index in [1.165, 1.54) is 0 Å². The van der Waals surface area contributed by atoms with Gasteiger partial charge in [0.2, 0.25) is 11.9 Å². The topological polar surface area (TPSA) is 134 Å². The Morgan fingerprint density at radius 1 is 0.930 bits per heavy atom. The molecule has 3 aromatic rings. The van der Waals surface area contributed by atoms with Gasteiger partial charge in [0.1, 0.15) is 11.5 Å². The average molecular weight is 592 g/mol. The molecule has 43 heavy (non-hydrogen) atoms. The van der Waals surface area contributed by atoms with Crippen molar-refractivity contribution in [3.8, 4) is 17.5 Å². The maximum Gasteiger partial charge on any atom is 0.320 e. The van der Waals surface area contributed by atoms with Crippen LogP contribution in [-0.2, 0) is 6.54 Å². The molecule has 0 saturated carbocycles. The summed E-state index contributed by atoms with van der Waals surface area (Å²) in [7, 11) is 4.05. The van der Waals surface area contributed by atoms with Crippen molar-refractivity contribution in [3.05, 3.63) is 53.6 Å². The summed E-state index contributed by atoms with van der Waals surface area (Å²) in [6.45, 7) is 7.26. The lowest BCUT2D eigenvalue weighted by Gasteiger charge is -2.28. The first kappa shape index (κ1) is 31.8. The van der Waals surface area contributed by atoms with Crippen molar-refractivity contribution in [1.82, 2.24) is 25.2 Å². The normalized spacial score (nSPS) is 15.0. The molecule has 0 unspecified atom stereocenters. The highest BCUT2D eigenvalue weighted by molar-refractivity contribution is 5.97. The zero-order chi connectivity index (χ0) is 30.7. The fraction of sp³-hybridized carbons (Fsp3) is 0.500. The summed E-state index contributed by atoms with van der Waals surface area (Å²) in [5.41, 5.74) is 2.00. The van der Waals surface area contributed by atoms with Gasteiger partial charge in [-0.1, -0.05) is 51.7 Å². The monoisotopic (exact) mass is 591 g/mol. The number of carbonyl (C=O) groups is 1. The van der Waals surface area contributed by atoms with E-state index in [0.29, 0.717) is 43.3 Å². The smallest absolute Gasteiger partial charge is 0.320 e. The van der Waals surface area contributed by atoms with E-state index in [9.17, 15) is 9.90 Å². The fourth-order valence-electron chi connectivity index (χ4n) is 5.03. The predicted molar refractivity (Wildman–Crippen MR) is 168 cm³/mol. The van der Waals surface area contributed by atoms with Crippen LogP contribution in [0.25, 0.3) is 0 Å². The Morgan fingerprint density at radius 3 is 2.33 bits per heavy atom. The zero-order valence-electron chi connectivity index (χ0n) is 25.8. The van der Waals surface area contributed by atoms with E-state index < -0.39 is 6.01 Å². The minimum atomic E-state index is -0.415. The summed E-state index contributed by atoms with van der Waals surface area (Å²) < 4.78 is 12.1. The number of hydrogen-bond donors (Lipinski definition) is 4. The van der Waals surface area contributed by atoms with Gasteiger partial charge in [0, 0.05) is 31.4 Å². The van der Waals surface area contributed by atoms with Gasteiger partial charge in [-0.2, -0.15) is 15.0 Å². The summed E-state index contributed by atoms with van der Waals surface area (Å²) in [4.78, 5) is 27.8. The molecular weight excluding hydrogens is 546 g/mol. The fourth-order valence-corrected chi connectivity index (χ4v) is 5.03. The Balaban J connectivity index is 1.53. The Hall–Kier alpha value is -4.12. The quantitative estimate of drug-likeness (QED) is 0.307. The molecule has 11 nitrogen and oxygen atoms in total. The molecule has 0 fully saturated rings. The Morgan fingerprint density at radius 2 is 1.60 bits per heavy atom. The summed E-state index contributed by atoms with van der Waals surface area (Å²) >= 11 is 0. The molecule has 0 aliphatic carbocycles. The van der Waals surface area contributed by atoms with Crippen LogP contribution in [0.15, 0.2) is 42.5 Å². The molecule has 232 valence electrons. The highest BCUT2D eigenvalue weighted by atomic mass is 16.5. The second-order valence-corrected chi connectivity index (χ2v) is 12.0. The van der Waals surface area contributed by atoms with Crippen molar-refractivity contribution >= 4 is 23.5 Å². The van der Waals surface area contributed by atoms with E-state index in [4.69, 9.17) is 9.47 Å². The molecular formula is C32H45N7O4. The van der Waals surface area contributed by atoms with Crippen molar-refractivity contribution in [2.45, 2.75) is 58.9 Å². The number of benzene rings is 2. The highest BCUT2D eigenvalue weighted by Gasteiger charge is 2.22. The standard InChI is InChI=1S/C32H45N7O4/c1-32(2,22-39(3)4)21-34-28(40)26-16-13-24-19-27(26)43-18-10-8-6-5-7-9-17-42-25-14-11-23(12-15-25)20-33-29-36-30(35-24)38-31(41)37-29/h11-16,19H,5-10,17-18,20-22H2,1-4H3,(H,34,40)(H3,33,35,36,37,38,41). The van der Waals surface area contributed by atoms with E-state index in [-0.39, 0.29) is 23.2 Å². The lowest BCUT2D eigenvalue weighted by Crippen LogP contribution is -2.40. The van der Waals surface area contributed by atoms with E-state index in [1.54, 1.807) is 18.2 Å². The van der Waals surface area contributed by atoms with E-state index in [2.05, 4.69) is 49.6 Å². The Labute approximate surface area is 254 Å². The molecule has 6 bridgehead atoms. The number of aromatic nitrogens is 3. The first-order valence-electron chi connectivity index (χ1n) is 15.0. The van der Waals surface area contributed by atoms with E-state index in [1.807, 2.05) is 38.4 Å². The van der Waals surface area contributed by atoms with Crippen molar-refractivity contribution in [1.29, 1.82) is 0 Å². The van der Waals surface area contributed by atoms with Gasteiger partial charge in [-0.3, -0.25) is 4.79 Å². The van der Waals surface area contributed by atoms with Crippen LogP contribution >= 0.6 is 0 Å². The maximum absolute atomic E-state index is 13.3. The lowest BCUT2D eigenvalue weighted by atomic mass is 9.93. The molecule has 2 aliphatic heterocycles. The van der Waals surface area contributed by atoms with E-state index in [0.717, 1.165) is 56.4 Å². The van der Waals surface area contributed by atoms with Crippen LogP contribution in [0.3, 0.4) is 0 Å². The van der Waals surface area contributed by atoms with Crippen molar-refractivity contribution in [2.75, 3.05) is 51.0 Å². The summed E-state index contributed by atoms with van der Waals surface area (Å²) in [5, 5.41) is 19.5. The number of ether oxygens (including phenoxy) is 2. The maximum atomic E-state index is 13.3. The van der Waals surface area contributed by atoms with Crippen LogP contribution < -0.4 is 25.4 Å². The number of carbonyl (C=O) groups excluding carboxylic acids is 1. The molecule has 2 aromatic carbocycles. The third-order valence-electron chi connectivity index (χ3n) is 7.02. The van der Waals surface area contributed by atoms with Crippen LogP contribution in [0.4, 0.5) is 17.6 Å². The number of nitrogens with one attached hydrogen (secondary N) is 3. The van der Waals surface area contributed by atoms with Gasteiger partial charge in [0.15, 0.2) is 0 Å². The lowest BCUT2D eigenvalue weighted by molar-refractivity contribution is 0.0925. The molecule has 4 N–H and O–H groups in total. The number of amides is 1. The second-order valence-electron chi connectivity index (χ2n) is 12.0. The molecule has 0 spiro atoms. The molecule has 11 heteroatoms. The Kier molecular flexibility index (Phi) is 11.4. The van der Waals surface area contributed by atoms with Crippen LogP contribution in [0.5, 0.6) is 17.5 Å². The Bertz CT molecular complexity index is 1330. The second kappa shape index (κ2) is 15.4. The number of rotatable bonds is 5. The van der Waals surface area contributed by atoms with Crippen LogP contribution in [0, 0.1) is 5.41 Å². The van der Waals surface area contributed by atoms with Gasteiger partial charge in [0.25, 0.3) is 5.91 Å². The van der Waals surface area contributed by atoms with Gasteiger partial charge < -0.3 is 35.4 Å². The first-order valence-corrected chi connectivity index (χ1v) is 15.0. The molecule has 0 atom stereocenters. The third kappa shape index (κ3) is 10.6. The van der Waals surface area contributed by atoms with Gasteiger partial charge in [-0.25, -0.2) is 0 Å². The molecule has 3 heterocycles. The number of aromatic hydroxyl groups is 1. The number of anilines is 3. The van der Waals surface area contributed by atoms with Crippen LogP contribution in [-0.4, -0.2) is 71.3 Å². The summed E-state index contributed by atoms with van der Waals surface area (Å²) in [5.74, 6) is 1.51. The average Bonchev–Trinajstić information content (AvgIpc) is 2.95. The first-order chi connectivity index (χ1) is 20.7. The van der Waals surface area contributed by atoms with Crippen LogP contribution in [0.2, 0.25) is 0 Å². The van der Waals surface area contributed by atoms with Gasteiger partial charge in [0.05, 0.1) is 18.8 Å². The largest absolute Gasteiger partial charge is 0.494 e. The number of hydrogen-bond acceptors (Lipinski definition) is 10. The summed E-state index contributed by atoms with van der Waals surface area (Å²) in [6.07, 6.45) is 6.31. The highest BCUT2D eigenvalue weighted by Crippen LogP contribution is 2.27. The molecule has 0 saturated heterocycles. The van der Waals surface area contributed by atoms with E-state index >= 15 is 0 Å². The van der Waals surface area contributed by atoms with Crippen molar-refractivity contribution < 1.29 is 19.4 Å². The molecule has 5 rings (SSSR count). The van der Waals surface area contributed by atoms with Gasteiger partial charge in [-0.15, -0.1) is 0 Å². The molecule has 1 aromatic heterocycles. The molecule has 2 aliphatic rings. The molecule has 1 amide bonds. The van der Waals surface area contributed by atoms with Crippen molar-refractivity contribution in [3.63, 3.8) is 0 Å². The third-order valence-corrected chi connectivity index (χ3v) is 7.02. The van der Waals surface area contributed by atoms with Crippen LogP contribution in [0.1, 0.15) is 68.3 Å². The minimum absolute atomic E-state index is 0.0959. The van der Waals surface area contributed by atoms with Crippen molar-refractivity contribution in [2.24, 2.45) is 5.41 Å². The van der Waals surface area contributed by atoms with Gasteiger partial charge in [-0.05, 0) is 62.2 Å². The predicted octanol–water partition coefficient (Wildman–Crippen LogP) is 5.36.